The van der Waals surface area contributed by atoms with Gasteiger partial charge in [0.15, 0.2) is 5.82 Å². The molecule has 0 unspecified atom stereocenters. The van der Waals surface area contributed by atoms with Crippen LogP contribution in [0.25, 0.3) is 16.8 Å². The molecule has 1 N–H and O–H groups in total. The number of halogens is 1. The van der Waals surface area contributed by atoms with Crippen LogP contribution in [0.2, 0.25) is 5.02 Å². The van der Waals surface area contributed by atoms with Crippen LogP contribution < -0.4 is 10.1 Å². The van der Waals surface area contributed by atoms with E-state index in [2.05, 4.69) is 28.3 Å². The largest absolute Gasteiger partial charge is 0.493 e. The Morgan fingerprint density at radius 2 is 2.06 bits per heavy atom. The number of carbonyl (C=O) groups excluding carboxylic acids is 1. The third kappa shape index (κ3) is 4.30. The van der Waals surface area contributed by atoms with Crippen LogP contribution in [-0.4, -0.2) is 26.9 Å². The molecule has 0 aliphatic rings. The van der Waals surface area contributed by atoms with E-state index in [9.17, 15) is 10.1 Å². The highest BCUT2D eigenvalue weighted by Crippen LogP contribution is 2.26. The summed E-state index contributed by atoms with van der Waals surface area (Å²) in [4.78, 5) is 21.9. The average molecular weight is 434 g/mol. The van der Waals surface area contributed by atoms with E-state index >= 15 is 0 Å². The van der Waals surface area contributed by atoms with E-state index in [1.165, 1.54) is 0 Å². The zero-order valence-electron chi connectivity index (χ0n) is 16.9. The Hall–Kier alpha value is -3.63. The lowest BCUT2D eigenvalue weighted by molar-refractivity contribution is 0.102. The van der Waals surface area contributed by atoms with E-state index in [0.717, 1.165) is 30.3 Å². The Bertz CT molecular complexity index is 1310. The molecular weight excluding hydrogens is 414 g/mol. The van der Waals surface area contributed by atoms with Crippen LogP contribution in [-0.2, 0) is 0 Å². The number of rotatable bonds is 7. The maximum absolute atomic E-state index is 13.0. The molecule has 4 aromatic rings. The molecule has 0 aliphatic carbocycles. The number of unbranched alkanes of at least 4 members (excludes halogenated alkanes) is 2. The average Bonchev–Trinajstić information content (AvgIpc) is 3.14. The normalized spacial score (nSPS) is 10.9. The lowest BCUT2D eigenvalue weighted by Gasteiger charge is -2.12. The first-order valence-corrected chi connectivity index (χ1v) is 10.4. The number of para-hydroxylation sites is 2. The summed E-state index contributed by atoms with van der Waals surface area (Å²) in [6, 6.07) is 14.5. The lowest BCUT2D eigenvalue weighted by atomic mass is 10.1. The molecule has 2 aromatic heterocycles. The minimum Gasteiger partial charge on any atom is -0.493 e. The van der Waals surface area contributed by atoms with Gasteiger partial charge in [-0.25, -0.2) is 4.98 Å². The van der Waals surface area contributed by atoms with Gasteiger partial charge < -0.3 is 10.1 Å². The topological polar surface area (TPSA) is 92.3 Å². The Morgan fingerprint density at radius 3 is 2.87 bits per heavy atom. The maximum Gasteiger partial charge on any atom is 0.260 e. The van der Waals surface area contributed by atoms with Crippen LogP contribution in [0, 0.1) is 11.3 Å². The van der Waals surface area contributed by atoms with Gasteiger partial charge in [0.1, 0.15) is 17.4 Å². The monoisotopic (exact) mass is 433 g/mol. The summed E-state index contributed by atoms with van der Waals surface area (Å²) in [6.07, 6.45) is 4.63. The molecule has 0 radical (unpaired) electrons. The van der Waals surface area contributed by atoms with Crippen LogP contribution in [0.1, 0.15) is 42.1 Å². The van der Waals surface area contributed by atoms with E-state index in [1.807, 2.05) is 24.3 Å². The van der Waals surface area contributed by atoms with Gasteiger partial charge in [0.25, 0.3) is 5.91 Å². The number of anilines is 1. The Labute approximate surface area is 184 Å². The maximum atomic E-state index is 13.0. The van der Waals surface area contributed by atoms with Gasteiger partial charge in [-0.3, -0.25) is 9.20 Å². The van der Waals surface area contributed by atoms with Crippen molar-refractivity contribution in [2.75, 3.05) is 11.9 Å². The Kier molecular flexibility index (Phi) is 6.01. The molecule has 0 saturated carbocycles. The molecule has 4 rings (SSSR count). The van der Waals surface area contributed by atoms with Gasteiger partial charge in [0, 0.05) is 11.2 Å². The summed E-state index contributed by atoms with van der Waals surface area (Å²) < 4.78 is 7.53. The van der Waals surface area contributed by atoms with Crippen molar-refractivity contribution < 1.29 is 9.53 Å². The van der Waals surface area contributed by atoms with Gasteiger partial charge in [0.2, 0.25) is 5.78 Å². The second kappa shape index (κ2) is 9.02. The van der Waals surface area contributed by atoms with Crippen LogP contribution >= 0.6 is 11.6 Å². The number of imidazole rings is 1. The molecule has 31 heavy (non-hydrogen) atoms. The van der Waals surface area contributed by atoms with Gasteiger partial charge in [-0.15, -0.1) is 0 Å². The van der Waals surface area contributed by atoms with Crippen molar-refractivity contribution in [3.05, 3.63) is 64.8 Å². The van der Waals surface area contributed by atoms with Gasteiger partial charge in [0.05, 0.1) is 23.2 Å². The molecular formula is C23H20ClN5O2. The number of fused-ring (bicyclic) bond motifs is 3. The smallest absolute Gasteiger partial charge is 0.260 e. The fourth-order valence-corrected chi connectivity index (χ4v) is 3.45. The number of amides is 1. The van der Waals surface area contributed by atoms with E-state index < -0.39 is 5.91 Å². The lowest BCUT2D eigenvalue weighted by Crippen LogP contribution is -2.16. The van der Waals surface area contributed by atoms with Crippen LogP contribution in [0.3, 0.4) is 0 Å². The van der Waals surface area contributed by atoms with Crippen LogP contribution in [0.5, 0.6) is 5.75 Å². The van der Waals surface area contributed by atoms with Crippen molar-refractivity contribution in [3.8, 4) is 11.8 Å². The molecule has 0 bridgehead atoms. The molecule has 0 atom stereocenters. The minimum absolute atomic E-state index is 0.132. The summed E-state index contributed by atoms with van der Waals surface area (Å²) in [6.45, 7) is 2.62. The summed E-state index contributed by atoms with van der Waals surface area (Å²) in [5.41, 5.74) is 2.08. The molecule has 2 heterocycles. The summed E-state index contributed by atoms with van der Waals surface area (Å²) in [5, 5.41) is 12.7. The van der Waals surface area contributed by atoms with Crippen LogP contribution in [0.4, 0.5) is 5.82 Å². The predicted octanol–water partition coefficient (Wildman–Crippen LogP) is 5.23. The molecule has 0 spiro atoms. The number of nitrogens with one attached hydrogen (secondary N) is 1. The zero-order valence-corrected chi connectivity index (χ0v) is 17.7. The highest BCUT2D eigenvalue weighted by Gasteiger charge is 2.18. The Morgan fingerprint density at radius 1 is 1.23 bits per heavy atom. The molecule has 0 aliphatic heterocycles. The van der Waals surface area contributed by atoms with Crippen molar-refractivity contribution in [2.24, 2.45) is 0 Å². The second-order valence-electron chi connectivity index (χ2n) is 7.04. The molecule has 1 amide bonds. The second-order valence-corrected chi connectivity index (χ2v) is 7.47. The van der Waals surface area contributed by atoms with Gasteiger partial charge in [-0.05, 0) is 36.8 Å². The molecule has 0 fully saturated rings. The van der Waals surface area contributed by atoms with E-state index in [1.54, 1.807) is 28.8 Å². The highest BCUT2D eigenvalue weighted by atomic mass is 35.5. The fourth-order valence-electron chi connectivity index (χ4n) is 3.28. The number of nitrogens with zero attached hydrogens (tertiary/aromatic N) is 4. The fraction of sp³-hybridized carbons (Fsp3) is 0.217. The Balaban J connectivity index is 1.66. The molecule has 156 valence electrons. The quantitative estimate of drug-likeness (QED) is 0.403. The van der Waals surface area contributed by atoms with Crippen molar-refractivity contribution in [3.63, 3.8) is 0 Å². The van der Waals surface area contributed by atoms with E-state index in [0.29, 0.717) is 23.2 Å². The van der Waals surface area contributed by atoms with Gasteiger partial charge >= 0.3 is 0 Å². The zero-order chi connectivity index (χ0) is 21.8. The highest BCUT2D eigenvalue weighted by molar-refractivity contribution is 6.31. The van der Waals surface area contributed by atoms with Gasteiger partial charge in [-0.2, -0.15) is 10.2 Å². The summed E-state index contributed by atoms with van der Waals surface area (Å²) in [7, 11) is 0. The van der Waals surface area contributed by atoms with E-state index in [-0.39, 0.29) is 16.9 Å². The number of carbonyl (C=O) groups is 1. The SMILES string of the molecule is CCCCCOc1ccc(Cl)cc1C(=O)Nc1nc2nc3ccccc3n2cc1C#N. The molecule has 8 heteroatoms. The van der Waals surface area contributed by atoms with Crippen molar-refractivity contribution >= 4 is 40.1 Å². The number of nitriles is 1. The number of ether oxygens (including phenoxy) is 1. The molecule has 0 saturated heterocycles. The number of aromatic nitrogens is 3. The molecule has 2 aromatic carbocycles. The standard InChI is InChI=1S/C23H20ClN5O2/c1-2-3-6-11-31-20-10-9-16(24)12-17(20)22(30)27-21-15(13-25)14-29-19-8-5-4-7-18(19)26-23(29)28-21/h4-5,7-10,12,14H,2-3,6,11H2,1H3,(H,26,27,28,30). The first-order valence-electron chi connectivity index (χ1n) is 10.0. The summed E-state index contributed by atoms with van der Waals surface area (Å²) >= 11 is 6.11. The minimum atomic E-state index is -0.461. The third-order valence-corrected chi connectivity index (χ3v) is 5.08. The van der Waals surface area contributed by atoms with Gasteiger partial charge in [-0.1, -0.05) is 43.5 Å². The van der Waals surface area contributed by atoms with Crippen LogP contribution in [0.15, 0.2) is 48.7 Å². The molecule has 7 nitrogen and oxygen atoms in total. The third-order valence-electron chi connectivity index (χ3n) is 4.85. The van der Waals surface area contributed by atoms with Crippen molar-refractivity contribution in [1.82, 2.24) is 14.4 Å². The van der Waals surface area contributed by atoms with Crippen molar-refractivity contribution in [1.29, 1.82) is 5.26 Å². The van der Waals surface area contributed by atoms with Crippen molar-refractivity contribution in [2.45, 2.75) is 26.2 Å². The summed E-state index contributed by atoms with van der Waals surface area (Å²) in [5.74, 6) is 0.492. The van der Waals surface area contributed by atoms with E-state index in [4.69, 9.17) is 16.3 Å². The predicted molar refractivity (Wildman–Crippen MR) is 120 cm³/mol. The number of hydrogen-bond donors (Lipinski definition) is 1. The number of benzene rings is 2. The first-order chi connectivity index (χ1) is 15.1. The number of hydrogen-bond acceptors (Lipinski definition) is 5. The first kappa shape index (κ1) is 20.6.